The molecule has 23 heavy (non-hydrogen) atoms. The zero-order valence-electron chi connectivity index (χ0n) is 15.0. The molecule has 1 aliphatic heterocycles. The summed E-state index contributed by atoms with van der Waals surface area (Å²) in [7, 11) is 2.61. The molecule has 2 bridgehead atoms. The number of nitrogens with zero attached hydrogens (tertiary/aromatic N) is 1. The molecular weight excluding hydrogens is 278 g/mol. The predicted molar refractivity (Wildman–Crippen MR) is 95.6 cm³/mol. The summed E-state index contributed by atoms with van der Waals surface area (Å²) in [6, 6.07) is 8.32. The summed E-state index contributed by atoms with van der Waals surface area (Å²) in [6.07, 6.45) is 11.7. The summed E-state index contributed by atoms with van der Waals surface area (Å²) in [4.78, 5) is 0. The van der Waals surface area contributed by atoms with Crippen molar-refractivity contribution < 1.29 is 4.48 Å². The molecule has 3 aliphatic carbocycles. The number of quaternary nitrogens is 1. The van der Waals surface area contributed by atoms with E-state index >= 15 is 0 Å². The smallest absolute Gasteiger partial charge is 0.0966 e. The second-order valence-electron chi connectivity index (χ2n) is 9.52. The van der Waals surface area contributed by atoms with Gasteiger partial charge in [0.15, 0.2) is 0 Å². The van der Waals surface area contributed by atoms with Crippen molar-refractivity contribution in [3.8, 4) is 0 Å². The predicted octanol–water partition coefficient (Wildman–Crippen LogP) is 4.61. The van der Waals surface area contributed by atoms with Crippen LogP contribution in [-0.2, 0) is 11.8 Å². The van der Waals surface area contributed by atoms with Crippen molar-refractivity contribution in [2.75, 3.05) is 20.1 Å². The van der Waals surface area contributed by atoms with Crippen molar-refractivity contribution in [1.82, 2.24) is 0 Å². The van der Waals surface area contributed by atoms with Crippen LogP contribution < -0.4 is 0 Å². The first kappa shape index (κ1) is 14.5. The molecule has 0 spiro atoms. The third kappa shape index (κ3) is 2.08. The zero-order chi connectivity index (χ0) is 15.7. The molecule has 1 aromatic rings. The normalized spacial score (nSPS) is 42.0. The number of benzene rings is 1. The Balaban J connectivity index is 1.62. The van der Waals surface area contributed by atoms with E-state index in [2.05, 4.69) is 32.2 Å². The topological polar surface area (TPSA) is 0 Å². The molecule has 1 heterocycles. The van der Waals surface area contributed by atoms with Crippen LogP contribution in [-0.4, -0.2) is 30.7 Å². The van der Waals surface area contributed by atoms with Crippen LogP contribution in [0.5, 0.6) is 0 Å². The minimum atomic E-state index is 0.545. The van der Waals surface area contributed by atoms with Crippen molar-refractivity contribution in [3.05, 3.63) is 34.9 Å². The largest absolute Gasteiger partial charge is 0.323 e. The number of hydrogen-bond acceptors (Lipinski definition) is 0. The molecule has 1 nitrogen and oxygen atoms in total. The summed E-state index contributed by atoms with van der Waals surface area (Å²) >= 11 is 0. The summed E-state index contributed by atoms with van der Waals surface area (Å²) in [6.45, 7) is 5.19. The van der Waals surface area contributed by atoms with Gasteiger partial charge in [0.05, 0.1) is 26.2 Å². The van der Waals surface area contributed by atoms with Gasteiger partial charge >= 0.3 is 0 Å². The molecular formula is C22H32N+. The van der Waals surface area contributed by atoms with E-state index in [1.165, 1.54) is 74.5 Å². The van der Waals surface area contributed by atoms with Crippen LogP contribution >= 0.6 is 0 Å². The fraction of sp³-hybridized carbons (Fsp3) is 0.727. The van der Waals surface area contributed by atoms with E-state index in [1.807, 2.05) is 0 Å². The van der Waals surface area contributed by atoms with Crippen LogP contribution in [0.15, 0.2) is 18.2 Å². The first-order valence-electron chi connectivity index (χ1n) is 10.0. The first-order chi connectivity index (χ1) is 11.1. The van der Waals surface area contributed by atoms with Crippen molar-refractivity contribution in [2.45, 2.75) is 69.7 Å². The Labute approximate surface area is 141 Å². The average molecular weight is 311 g/mol. The first-order valence-corrected chi connectivity index (χ1v) is 10.0. The third-order valence-electron chi connectivity index (χ3n) is 8.03. The molecule has 3 fully saturated rings. The minimum Gasteiger partial charge on any atom is -0.323 e. The lowest BCUT2D eigenvalue weighted by molar-refractivity contribution is -0.946. The van der Waals surface area contributed by atoms with E-state index in [1.54, 1.807) is 11.1 Å². The van der Waals surface area contributed by atoms with Gasteiger partial charge in [0.2, 0.25) is 0 Å². The molecule has 2 unspecified atom stereocenters. The Bertz CT molecular complexity index is 631. The third-order valence-corrected chi connectivity index (χ3v) is 8.03. The lowest BCUT2D eigenvalue weighted by Gasteiger charge is -2.61. The quantitative estimate of drug-likeness (QED) is 0.700. The maximum absolute atomic E-state index is 2.61. The van der Waals surface area contributed by atoms with Crippen LogP contribution in [0.1, 0.15) is 61.6 Å². The van der Waals surface area contributed by atoms with Crippen LogP contribution in [0.2, 0.25) is 0 Å². The van der Waals surface area contributed by atoms with E-state index in [9.17, 15) is 0 Å². The molecule has 0 N–H and O–H groups in total. The van der Waals surface area contributed by atoms with Crippen molar-refractivity contribution in [1.29, 1.82) is 0 Å². The molecule has 2 saturated carbocycles. The SMILES string of the molecule is Cc1ccc2c(c1)[C@@]13CCCCC1C(C2)[N@@+](C)(CC1CC1)CC3. The van der Waals surface area contributed by atoms with E-state index < -0.39 is 0 Å². The van der Waals surface area contributed by atoms with Gasteiger partial charge in [-0.3, -0.25) is 0 Å². The van der Waals surface area contributed by atoms with Crippen LogP contribution in [0, 0.1) is 18.8 Å². The van der Waals surface area contributed by atoms with Gasteiger partial charge in [0, 0.05) is 30.1 Å². The molecule has 124 valence electrons. The van der Waals surface area contributed by atoms with Crippen molar-refractivity contribution >= 4 is 0 Å². The second-order valence-corrected chi connectivity index (χ2v) is 9.52. The number of fused-ring (bicyclic) bond motifs is 1. The monoisotopic (exact) mass is 310 g/mol. The Morgan fingerprint density at radius 2 is 2.00 bits per heavy atom. The van der Waals surface area contributed by atoms with Crippen molar-refractivity contribution in [3.63, 3.8) is 0 Å². The second kappa shape index (κ2) is 4.85. The number of aryl methyl sites for hydroxylation is 1. The molecule has 5 rings (SSSR count). The Kier molecular flexibility index (Phi) is 3.06. The van der Waals surface area contributed by atoms with Gasteiger partial charge < -0.3 is 4.48 Å². The summed E-state index contributed by atoms with van der Waals surface area (Å²) in [5, 5.41) is 0. The van der Waals surface area contributed by atoms with E-state index in [-0.39, 0.29) is 0 Å². The Hall–Kier alpha value is -0.820. The molecule has 1 aromatic carbocycles. The number of likely N-dealkylation sites (N-methyl/N-ethyl adjacent to an activating group) is 1. The summed E-state index contributed by atoms with van der Waals surface area (Å²) in [5.74, 6) is 2.01. The number of hydrogen-bond donors (Lipinski definition) is 0. The molecule has 1 heteroatoms. The number of piperidine rings is 1. The summed E-state index contributed by atoms with van der Waals surface area (Å²) in [5.41, 5.74) is 5.50. The van der Waals surface area contributed by atoms with E-state index in [0.29, 0.717) is 5.41 Å². The maximum Gasteiger partial charge on any atom is 0.0966 e. The number of rotatable bonds is 2. The molecule has 0 aromatic heterocycles. The molecule has 0 amide bonds. The lowest BCUT2D eigenvalue weighted by Crippen LogP contribution is -2.68. The van der Waals surface area contributed by atoms with Crippen LogP contribution in [0.4, 0.5) is 0 Å². The Morgan fingerprint density at radius 3 is 2.83 bits per heavy atom. The highest BCUT2D eigenvalue weighted by molar-refractivity contribution is 5.42. The van der Waals surface area contributed by atoms with E-state index in [4.69, 9.17) is 0 Å². The van der Waals surface area contributed by atoms with Gasteiger partial charge in [-0.1, -0.05) is 36.6 Å². The minimum absolute atomic E-state index is 0.545. The summed E-state index contributed by atoms with van der Waals surface area (Å²) < 4.78 is 1.39. The van der Waals surface area contributed by atoms with Gasteiger partial charge in [-0.2, -0.15) is 0 Å². The zero-order valence-corrected chi connectivity index (χ0v) is 15.0. The average Bonchev–Trinajstić information content (AvgIpc) is 3.35. The van der Waals surface area contributed by atoms with Gasteiger partial charge in [-0.15, -0.1) is 0 Å². The molecule has 4 atom stereocenters. The fourth-order valence-electron chi connectivity index (χ4n) is 6.70. The van der Waals surface area contributed by atoms with Crippen LogP contribution in [0.3, 0.4) is 0 Å². The van der Waals surface area contributed by atoms with Gasteiger partial charge in [0.1, 0.15) is 0 Å². The van der Waals surface area contributed by atoms with Gasteiger partial charge in [-0.25, -0.2) is 0 Å². The molecule has 4 aliphatic rings. The van der Waals surface area contributed by atoms with E-state index in [0.717, 1.165) is 17.9 Å². The highest BCUT2D eigenvalue weighted by Gasteiger charge is 2.59. The molecule has 0 radical (unpaired) electrons. The van der Waals surface area contributed by atoms with Gasteiger partial charge in [-0.05, 0) is 43.7 Å². The lowest BCUT2D eigenvalue weighted by atomic mass is 9.51. The highest BCUT2D eigenvalue weighted by atomic mass is 15.4. The van der Waals surface area contributed by atoms with Crippen molar-refractivity contribution in [2.24, 2.45) is 11.8 Å². The fourth-order valence-corrected chi connectivity index (χ4v) is 6.70. The highest BCUT2D eigenvalue weighted by Crippen LogP contribution is 2.57. The van der Waals surface area contributed by atoms with Gasteiger partial charge in [0.25, 0.3) is 0 Å². The maximum atomic E-state index is 2.61. The number of likely N-dealkylation sites (tertiary alicyclic amines) is 1. The van der Waals surface area contributed by atoms with Crippen LogP contribution in [0.25, 0.3) is 0 Å². The standard InChI is InChI=1S/C22H32N/c1-16-6-9-18-14-21-19-5-3-4-10-22(19,20(18)13-16)11-12-23(21,2)15-17-7-8-17/h6,9,13,17,19,21H,3-5,7-8,10-12,14-15H2,1-2H3/q+1/t19?,21?,22-,23-/m1/s1. The molecule has 1 saturated heterocycles. The Morgan fingerprint density at radius 1 is 1.13 bits per heavy atom.